The van der Waals surface area contributed by atoms with Crippen LogP contribution in [0.1, 0.15) is 45.1 Å². The molecule has 0 radical (unpaired) electrons. The van der Waals surface area contributed by atoms with E-state index in [1.54, 1.807) is 7.11 Å². The van der Waals surface area contributed by atoms with Crippen LogP contribution in [0.2, 0.25) is 0 Å². The standard InChI is InChI=1S/C15H21IO/c1-4-6-14(15(16)7-5-2)12-8-10-13(17-3)11-9-12/h8-11H,4-7H2,1-3H3/b15-14-. The van der Waals surface area contributed by atoms with Crippen LogP contribution in [0.25, 0.3) is 5.57 Å². The maximum absolute atomic E-state index is 5.20. The second kappa shape index (κ2) is 7.75. The first-order valence-electron chi connectivity index (χ1n) is 6.24. The smallest absolute Gasteiger partial charge is 0.118 e. The third-order valence-corrected chi connectivity index (χ3v) is 3.93. The highest BCUT2D eigenvalue weighted by Crippen LogP contribution is 2.31. The van der Waals surface area contributed by atoms with Gasteiger partial charge in [0.1, 0.15) is 5.75 Å². The van der Waals surface area contributed by atoms with E-state index in [9.17, 15) is 0 Å². The summed E-state index contributed by atoms with van der Waals surface area (Å²) in [5, 5.41) is 0. The zero-order valence-electron chi connectivity index (χ0n) is 10.9. The maximum atomic E-state index is 5.20. The predicted octanol–water partition coefficient (Wildman–Crippen LogP) is 5.44. The third-order valence-electron chi connectivity index (χ3n) is 2.74. The van der Waals surface area contributed by atoms with Gasteiger partial charge in [-0.25, -0.2) is 0 Å². The van der Waals surface area contributed by atoms with Crippen molar-refractivity contribution in [2.24, 2.45) is 0 Å². The van der Waals surface area contributed by atoms with Gasteiger partial charge in [-0.1, -0.05) is 38.8 Å². The van der Waals surface area contributed by atoms with E-state index in [0.29, 0.717) is 0 Å². The van der Waals surface area contributed by atoms with Crippen molar-refractivity contribution in [3.8, 4) is 5.75 Å². The lowest BCUT2D eigenvalue weighted by atomic mass is 10.00. The van der Waals surface area contributed by atoms with E-state index in [0.717, 1.165) is 12.2 Å². The first kappa shape index (κ1) is 14.6. The maximum Gasteiger partial charge on any atom is 0.118 e. The second-order valence-electron chi connectivity index (χ2n) is 4.11. The molecule has 0 heterocycles. The van der Waals surface area contributed by atoms with Crippen molar-refractivity contribution in [1.29, 1.82) is 0 Å². The van der Waals surface area contributed by atoms with E-state index >= 15 is 0 Å². The van der Waals surface area contributed by atoms with Gasteiger partial charge in [-0.15, -0.1) is 0 Å². The normalized spacial score (nSPS) is 12.2. The Morgan fingerprint density at radius 3 is 2.12 bits per heavy atom. The van der Waals surface area contributed by atoms with Crippen molar-refractivity contribution in [1.82, 2.24) is 0 Å². The number of rotatable bonds is 6. The lowest BCUT2D eigenvalue weighted by molar-refractivity contribution is 0.415. The number of methoxy groups -OCH3 is 1. The zero-order chi connectivity index (χ0) is 12.7. The van der Waals surface area contributed by atoms with Crippen LogP contribution in [0.4, 0.5) is 0 Å². The number of halogens is 1. The first-order chi connectivity index (χ1) is 8.22. The molecule has 0 atom stereocenters. The van der Waals surface area contributed by atoms with Gasteiger partial charge in [-0.2, -0.15) is 0 Å². The first-order valence-corrected chi connectivity index (χ1v) is 7.32. The van der Waals surface area contributed by atoms with E-state index in [2.05, 4.69) is 48.6 Å². The molecule has 0 bridgehead atoms. The minimum absolute atomic E-state index is 0.926. The number of hydrogen-bond donors (Lipinski definition) is 0. The summed E-state index contributed by atoms with van der Waals surface area (Å²) in [6, 6.07) is 8.41. The Labute approximate surface area is 118 Å². The topological polar surface area (TPSA) is 9.23 Å². The highest BCUT2D eigenvalue weighted by Gasteiger charge is 2.06. The second-order valence-corrected chi connectivity index (χ2v) is 5.41. The van der Waals surface area contributed by atoms with E-state index in [1.165, 1.54) is 34.0 Å². The summed E-state index contributed by atoms with van der Waals surface area (Å²) < 4.78 is 6.70. The van der Waals surface area contributed by atoms with Crippen molar-refractivity contribution < 1.29 is 4.74 Å². The molecule has 0 aromatic heterocycles. The molecular formula is C15H21IO. The summed E-state index contributed by atoms with van der Waals surface area (Å²) >= 11 is 2.50. The molecule has 0 aliphatic rings. The number of benzene rings is 1. The van der Waals surface area contributed by atoms with Crippen LogP contribution in [0.15, 0.2) is 27.8 Å². The average molecular weight is 344 g/mol. The number of allylic oxidation sites excluding steroid dienone is 2. The number of hydrogen-bond acceptors (Lipinski definition) is 1. The van der Waals surface area contributed by atoms with Gasteiger partial charge in [0.25, 0.3) is 0 Å². The van der Waals surface area contributed by atoms with Crippen LogP contribution >= 0.6 is 22.6 Å². The molecule has 1 rings (SSSR count). The Morgan fingerprint density at radius 1 is 1.06 bits per heavy atom. The Balaban J connectivity index is 3.00. The van der Waals surface area contributed by atoms with Gasteiger partial charge < -0.3 is 4.74 Å². The molecule has 1 nitrogen and oxygen atoms in total. The Morgan fingerprint density at radius 2 is 1.65 bits per heavy atom. The van der Waals surface area contributed by atoms with Crippen LogP contribution in [-0.2, 0) is 0 Å². The molecular weight excluding hydrogens is 323 g/mol. The summed E-state index contributed by atoms with van der Waals surface area (Å²) in [5.41, 5.74) is 2.84. The summed E-state index contributed by atoms with van der Waals surface area (Å²) in [6.45, 7) is 4.47. The molecule has 94 valence electrons. The van der Waals surface area contributed by atoms with E-state index < -0.39 is 0 Å². The van der Waals surface area contributed by atoms with E-state index in [-0.39, 0.29) is 0 Å². The molecule has 0 saturated carbocycles. The Bertz CT molecular complexity index is 365. The minimum atomic E-state index is 0.926. The van der Waals surface area contributed by atoms with Gasteiger partial charge in [-0.05, 0) is 62.3 Å². The van der Waals surface area contributed by atoms with Gasteiger partial charge in [0.15, 0.2) is 0 Å². The van der Waals surface area contributed by atoms with E-state index in [4.69, 9.17) is 4.74 Å². The summed E-state index contributed by atoms with van der Waals surface area (Å²) in [5.74, 6) is 0.926. The molecule has 0 unspecified atom stereocenters. The average Bonchev–Trinajstić information content (AvgIpc) is 2.36. The Kier molecular flexibility index (Phi) is 6.63. The van der Waals surface area contributed by atoms with E-state index in [1.807, 2.05) is 12.1 Å². The fourth-order valence-corrected chi connectivity index (χ4v) is 2.97. The third kappa shape index (κ3) is 4.34. The lowest BCUT2D eigenvalue weighted by Gasteiger charge is -2.11. The van der Waals surface area contributed by atoms with Crippen molar-refractivity contribution in [3.05, 3.63) is 33.4 Å². The molecule has 1 aromatic carbocycles. The Hall–Kier alpha value is -0.510. The van der Waals surface area contributed by atoms with Crippen molar-refractivity contribution >= 4 is 28.2 Å². The molecule has 2 heteroatoms. The monoisotopic (exact) mass is 344 g/mol. The SMILES string of the molecule is CCC/C(I)=C(\CCC)c1ccc(OC)cc1. The van der Waals surface area contributed by atoms with Crippen LogP contribution in [-0.4, -0.2) is 7.11 Å². The van der Waals surface area contributed by atoms with Gasteiger partial charge >= 0.3 is 0 Å². The highest BCUT2D eigenvalue weighted by molar-refractivity contribution is 14.1. The van der Waals surface area contributed by atoms with Gasteiger partial charge in [0, 0.05) is 0 Å². The van der Waals surface area contributed by atoms with Crippen molar-refractivity contribution in [2.75, 3.05) is 7.11 Å². The van der Waals surface area contributed by atoms with Crippen LogP contribution in [0, 0.1) is 0 Å². The van der Waals surface area contributed by atoms with Gasteiger partial charge in [-0.3, -0.25) is 0 Å². The summed E-state index contributed by atoms with van der Waals surface area (Å²) in [4.78, 5) is 0. The fraction of sp³-hybridized carbons (Fsp3) is 0.467. The molecule has 0 saturated heterocycles. The number of ether oxygens (including phenoxy) is 1. The van der Waals surface area contributed by atoms with Gasteiger partial charge in [0.2, 0.25) is 0 Å². The molecule has 0 aliphatic carbocycles. The molecule has 0 fully saturated rings. The van der Waals surface area contributed by atoms with Crippen LogP contribution in [0.3, 0.4) is 0 Å². The molecule has 0 N–H and O–H groups in total. The van der Waals surface area contributed by atoms with Gasteiger partial charge in [0.05, 0.1) is 7.11 Å². The fourth-order valence-electron chi connectivity index (χ4n) is 1.85. The molecule has 1 aromatic rings. The lowest BCUT2D eigenvalue weighted by Crippen LogP contribution is -1.89. The summed E-state index contributed by atoms with van der Waals surface area (Å²) in [6.07, 6.45) is 4.74. The molecule has 0 spiro atoms. The van der Waals surface area contributed by atoms with Crippen molar-refractivity contribution in [3.63, 3.8) is 0 Å². The summed E-state index contributed by atoms with van der Waals surface area (Å²) in [7, 11) is 1.71. The largest absolute Gasteiger partial charge is 0.497 e. The minimum Gasteiger partial charge on any atom is -0.497 e. The zero-order valence-corrected chi connectivity index (χ0v) is 13.1. The molecule has 0 aliphatic heterocycles. The quantitative estimate of drug-likeness (QED) is 0.624. The highest BCUT2D eigenvalue weighted by atomic mass is 127. The van der Waals surface area contributed by atoms with Crippen LogP contribution in [0.5, 0.6) is 5.75 Å². The molecule has 0 amide bonds. The van der Waals surface area contributed by atoms with Crippen LogP contribution < -0.4 is 4.74 Å². The predicted molar refractivity (Wildman–Crippen MR) is 83.8 cm³/mol. The molecule has 17 heavy (non-hydrogen) atoms. The van der Waals surface area contributed by atoms with Crippen molar-refractivity contribution in [2.45, 2.75) is 39.5 Å².